The molecule has 3 rings (SSSR count). The van der Waals surface area contributed by atoms with Crippen molar-refractivity contribution in [1.29, 1.82) is 0 Å². The van der Waals surface area contributed by atoms with Crippen molar-refractivity contribution < 1.29 is 27.5 Å². The van der Waals surface area contributed by atoms with Crippen molar-refractivity contribution in [2.75, 3.05) is 6.54 Å². The van der Waals surface area contributed by atoms with E-state index < -0.39 is 17.6 Å². The van der Waals surface area contributed by atoms with E-state index in [2.05, 4.69) is 10.6 Å². The zero-order valence-corrected chi connectivity index (χ0v) is 13.5. The first kappa shape index (κ1) is 17.6. The van der Waals surface area contributed by atoms with Crippen LogP contribution >= 0.6 is 0 Å². The zero-order valence-electron chi connectivity index (χ0n) is 13.5. The number of benzene rings is 1. The molecule has 1 saturated heterocycles. The standard InChI is InChI=1S/C17H19F3N2O3/c18-17(19,20)10-4-5-13(14(8-10)25-12-2-1-3-12)16(24)22-11-6-7-21-15(23)9-11/h4-5,8,11-12H,1-3,6-7,9H2,(H,21,23)(H,22,24). The Kier molecular flexibility index (Phi) is 4.87. The summed E-state index contributed by atoms with van der Waals surface area (Å²) in [5.41, 5.74) is -0.790. The Labute approximate surface area is 142 Å². The lowest BCUT2D eigenvalue weighted by atomic mass is 9.96. The van der Waals surface area contributed by atoms with Crippen LogP contribution in [-0.4, -0.2) is 30.5 Å². The summed E-state index contributed by atoms with van der Waals surface area (Å²) in [6.07, 6.45) is -1.44. The number of piperidine rings is 1. The highest BCUT2D eigenvalue weighted by Crippen LogP contribution is 2.35. The molecule has 1 aromatic carbocycles. The van der Waals surface area contributed by atoms with E-state index in [-0.39, 0.29) is 35.8 Å². The van der Waals surface area contributed by atoms with Crippen molar-refractivity contribution in [2.24, 2.45) is 0 Å². The van der Waals surface area contributed by atoms with Gasteiger partial charge in [0, 0.05) is 19.0 Å². The van der Waals surface area contributed by atoms with Crippen LogP contribution in [0.2, 0.25) is 0 Å². The molecule has 1 saturated carbocycles. The number of hydrogen-bond acceptors (Lipinski definition) is 3. The average molecular weight is 356 g/mol. The Morgan fingerprint density at radius 1 is 1.24 bits per heavy atom. The number of halogens is 3. The van der Waals surface area contributed by atoms with Gasteiger partial charge in [0.05, 0.1) is 17.2 Å². The minimum Gasteiger partial charge on any atom is -0.490 e. The summed E-state index contributed by atoms with van der Waals surface area (Å²) in [5, 5.41) is 5.37. The second-order valence-corrected chi connectivity index (χ2v) is 6.39. The molecule has 1 heterocycles. The normalized spacial score (nSPS) is 21.2. The Balaban J connectivity index is 1.80. The monoisotopic (exact) mass is 356 g/mol. The van der Waals surface area contributed by atoms with Gasteiger partial charge in [0.15, 0.2) is 0 Å². The minimum absolute atomic E-state index is 0.0581. The Bertz CT molecular complexity index is 672. The lowest BCUT2D eigenvalue weighted by molar-refractivity contribution is -0.137. The molecule has 136 valence electrons. The van der Waals surface area contributed by atoms with E-state index in [1.165, 1.54) is 0 Å². The molecule has 0 radical (unpaired) electrons. The topological polar surface area (TPSA) is 67.4 Å². The smallest absolute Gasteiger partial charge is 0.416 e. The highest BCUT2D eigenvalue weighted by molar-refractivity contribution is 5.97. The van der Waals surface area contributed by atoms with Crippen molar-refractivity contribution in [3.05, 3.63) is 29.3 Å². The Morgan fingerprint density at radius 2 is 2.00 bits per heavy atom. The third-order valence-electron chi connectivity index (χ3n) is 4.48. The second-order valence-electron chi connectivity index (χ2n) is 6.39. The molecule has 25 heavy (non-hydrogen) atoms. The van der Waals surface area contributed by atoms with Crippen LogP contribution in [0.3, 0.4) is 0 Å². The van der Waals surface area contributed by atoms with Gasteiger partial charge in [0.2, 0.25) is 5.91 Å². The van der Waals surface area contributed by atoms with Gasteiger partial charge in [-0.05, 0) is 43.9 Å². The summed E-state index contributed by atoms with van der Waals surface area (Å²) in [5.74, 6) is -0.741. The van der Waals surface area contributed by atoms with Gasteiger partial charge in [-0.2, -0.15) is 13.2 Å². The Hall–Kier alpha value is -2.25. The molecule has 2 amide bonds. The number of rotatable bonds is 4. The molecule has 0 spiro atoms. The minimum atomic E-state index is -4.51. The summed E-state index contributed by atoms with van der Waals surface area (Å²) in [6, 6.07) is 2.55. The van der Waals surface area contributed by atoms with Gasteiger partial charge in [-0.3, -0.25) is 9.59 Å². The van der Waals surface area contributed by atoms with Gasteiger partial charge in [-0.15, -0.1) is 0 Å². The van der Waals surface area contributed by atoms with E-state index >= 15 is 0 Å². The first-order valence-electron chi connectivity index (χ1n) is 8.28. The fourth-order valence-electron chi connectivity index (χ4n) is 2.82. The number of carbonyl (C=O) groups excluding carboxylic acids is 2. The lowest BCUT2D eigenvalue weighted by Gasteiger charge is -2.28. The number of hydrogen-bond donors (Lipinski definition) is 2. The fourth-order valence-corrected chi connectivity index (χ4v) is 2.82. The summed E-state index contributed by atoms with van der Waals surface area (Å²) < 4.78 is 44.5. The van der Waals surface area contributed by atoms with E-state index in [1.807, 2.05) is 0 Å². The van der Waals surface area contributed by atoms with Crippen LogP contribution in [0.25, 0.3) is 0 Å². The number of alkyl halides is 3. The van der Waals surface area contributed by atoms with E-state index in [0.29, 0.717) is 13.0 Å². The molecule has 2 fully saturated rings. The maximum atomic E-state index is 12.9. The van der Waals surface area contributed by atoms with Crippen molar-refractivity contribution in [2.45, 2.75) is 50.4 Å². The Morgan fingerprint density at radius 3 is 2.60 bits per heavy atom. The molecular weight excluding hydrogens is 337 g/mol. The largest absolute Gasteiger partial charge is 0.490 e. The highest BCUT2D eigenvalue weighted by Gasteiger charge is 2.33. The molecule has 0 bridgehead atoms. The molecule has 8 heteroatoms. The number of amides is 2. The van der Waals surface area contributed by atoms with Crippen molar-refractivity contribution in [1.82, 2.24) is 10.6 Å². The molecule has 2 N–H and O–H groups in total. The van der Waals surface area contributed by atoms with Crippen molar-refractivity contribution in [3.63, 3.8) is 0 Å². The molecule has 2 aliphatic rings. The van der Waals surface area contributed by atoms with Crippen LogP contribution in [0, 0.1) is 0 Å². The molecule has 0 aromatic heterocycles. The van der Waals surface area contributed by atoms with E-state index in [4.69, 9.17) is 4.74 Å². The summed E-state index contributed by atoms with van der Waals surface area (Å²) in [6.45, 7) is 0.461. The molecule has 1 aliphatic heterocycles. The van der Waals surface area contributed by atoms with Gasteiger partial charge in [0.1, 0.15) is 5.75 Å². The first-order chi connectivity index (χ1) is 11.8. The summed E-state index contributed by atoms with van der Waals surface area (Å²) in [7, 11) is 0. The van der Waals surface area contributed by atoms with Gasteiger partial charge < -0.3 is 15.4 Å². The van der Waals surface area contributed by atoms with Gasteiger partial charge in [-0.25, -0.2) is 0 Å². The third-order valence-corrected chi connectivity index (χ3v) is 4.48. The summed E-state index contributed by atoms with van der Waals surface area (Å²) in [4.78, 5) is 23.9. The predicted octanol–water partition coefficient (Wildman–Crippen LogP) is 2.65. The first-order valence-corrected chi connectivity index (χ1v) is 8.28. The van der Waals surface area contributed by atoms with Crippen molar-refractivity contribution in [3.8, 4) is 5.75 Å². The van der Waals surface area contributed by atoms with E-state index in [9.17, 15) is 22.8 Å². The zero-order chi connectivity index (χ0) is 18.0. The molecule has 1 aliphatic carbocycles. The lowest BCUT2D eigenvalue weighted by Crippen LogP contribution is -2.45. The predicted molar refractivity (Wildman–Crippen MR) is 83.2 cm³/mol. The number of ether oxygens (including phenoxy) is 1. The van der Waals surface area contributed by atoms with Crippen LogP contribution in [0.5, 0.6) is 5.75 Å². The number of nitrogens with one attached hydrogen (secondary N) is 2. The van der Waals surface area contributed by atoms with Crippen LogP contribution in [0.4, 0.5) is 13.2 Å². The average Bonchev–Trinajstić information content (AvgIpc) is 2.50. The highest BCUT2D eigenvalue weighted by atomic mass is 19.4. The van der Waals surface area contributed by atoms with E-state index in [1.54, 1.807) is 0 Å². The number of carbonyl (C=O) groups is 2. The van der Waals surface area contributed by atoms with Crippen LogP contribution in [0.15, 0.2) is 18.2 Å². The summed E-state index contributed by atoms with van der Waals surface area (Å²) >= 11 is 0. The molecular formula is C17H19F3N2O3. The molecule has 1 aromatic rings. The maximum Gasteiger partial charge on any atom is 0.416 e. The van der Waals surface area contributed by atoms with Gasteiger partial charge in [0.25, 0.3) is 5.91 Å². The van der Waals surface area contributed by atoms with Crippen molar-refractivity contribution >= 4 is 11.8 Å². The third kappa shape index (κ3) is 4.24. The SMILES string of the molecule is O=C1CC(NC(=O)c2ccc(C(F)(F)F)cc2OC2CCC2)CCN1. The van der Waals surface area contributed by atoms with Gasteiger partial charge >= 0.3 is 6.18 Å². The van der Waals surface area contributed by atoms with Crippen LogP contribution in [-0.2, 0) is 11.0 Å². The van der Waals surface area contributed by atoms with Crippen LogP contribution < -0.4 is 15.4 Å². The molecule has 5 nitrogen and oxygen atoms in total. The maximum absolute atomic E-state index is 12.9. The molecule has 1 atom stereocenters. The fraction of sp³-hybridized carbons (Fsp3) is 0.529. The quantitative estimate of drug-likeness (QED) is 0.872. The van der Waals surface area contributed by atoms with E-state index in [0.717, 1.165) is 37.5 Å². The molecule has 1 unspecified atom stereocenters. The second kappa shape index (κ2) is 6.93. The van der Waals surface area contributed by atoms with Gasteiger partial charge in [-0.1, -0.05) is 0 Å². The van der Waals surface area contributed by atoms with Crippen LogP contribution in [0.1, 0.15) is 48.0 Å².